The molecule has 0 aromatic heterocycles. The van der Waals surface area contributed by atoms with Crippen LogP contribution in [-0.4, -0.2) is 24.2 Å². The highest BCUT2D eigenvalue weighted by atomic mass is 16.4. The van der Waals surface area contributed by atoms with Crippen molar-refractivity contribution in [3.8, 4) is 0 Å². The summed E-state index contributed by atoms with van der Waals surface area (Å²) in [6.45, 7) is 2.25. The van der Waals surface area contributed by atoms with Gasteiger partial charge in [0.1, 0.15) is 0 Å². The molecule has 1 heterocycles. The second kappa shape index (κ2) is 3.29. The fourth-order valence-corrected chi connectivity index (χ4v) is 2.92. The largest absolute Gasteiger partial charge is 0.481 e. The van der Waals surface area contributed by atoms with Gasteiger partial charge in [-0.05, 0) is 50.1 Å². The van der Waals surface area contributed by atoms with Gasteiger partial charge < -0.3 is 10.4 Å². The molecule has 0 amide bonds. The Morgan fingerprint density at radius 3 is 2.54 bits per heavy atom. The minimum Gasteiger partial charge on any atom is -0.481 e. The van der Waals surface area contributed by atoms with Crippen LogP contribution in [0, 0.1) is 11.3 Å². The summed E-state index contributed by atoms with van der Waals surface area (Å²) in [5, 5.41) is 12.0. The van der Waals surface area contributed by atoms with E-state index in [0.29, 0.717) is 17.8 Å². The summed E-state index contributed by atoms with van der Waals surface area (Å²) >= 11 is 0. The normalized spacial score (nSPS) is 27.1. The molecule has 1 aliphatic heterocycles. The molecule has 0 aromatic rings. The fraction of sp³-hybridized carbons (Fsp3) is 0.900. The zero-order valence-corrected chi connectivity index (χ0v) is 7.88. The molecule has 0 unspecified atom stereocenters. The molecule has 2 rings (SSSR count). The Balaban J connectivity index is 1.78. The van der Waals surface area contributed by atoms with Crippen molar-refractivity contribution in [2.24, 2.45) is 11.3 Å². The van der Waals surface area contributed by atoms with Crippen LogP contribution in [-0.2, 0) is 4.79 Å². The van der Waals surface area contributed by atoms with Crippen molar-refractivity contribution in [1.82, 2.24) is 5.32 Å². The van der Waals surface area contributed by atoms with Gasteiger partial charge in [0.2, 0.25) is 0 Å². The second-order valence-corrected chi connectivity index (χ2v) is 4.62. The van der Waals surface area contributed by atoms with Crippen molar-refractivity contribution in [3.05, 3.63) is 0 Å². The number of nitrogens with one attached hydrogen (secondary N) is 1. The van der Waals surface area contributed by atoms with Crippen molar-refractivity contribution in [2.45, 2.75) is 32.1 Å². The maximum Gasteiger partial charge on any atom is 0.303 e. The van der Waals surface area contributed by atoms with E-state index in [9.17, 15) is 4.79 Å². The number of carboxylic acids is 1. The van der Waals surface area contributed by atoms with Gasteiger partial charge in [0, 0.05) is 6.42 Å². The molecule has 2 aliphatic rings. The number of piperidine rings is 1. The second-order valence-electron chi connectivity index (χ2n) is 4.62. The standard InChI is InChI=1S/C10H17NO2/c12-9(13)5-8-6-10(7-8)1-3-11-4-2-10/h8,11H,1-7H2,(H,12,13). The third-order valence-electron chi connectivity index (χ3n) is 3.57. The fourth-order valence-electron chi connectivity index (χ4n) is 2.92. The molecule has 1 aliphatic carbocycles. The lowest BCUT2D eigenvalue weighted by atomic mass is 9.57. The Morgan fingerprint density at radius 2 is 2.00 bits per heavy atom. The van der Waals surface area contributed by atoms with Gasteiger partial charge in [-0.25, -0.2) is 0 Å². The zero-order chi connectivity index (χ0) is 9.31. The van der Waals surface area contributed by atoms with E-state index in [-0.39, 0.29) is 0 Å². The van der Waals surface area contributed by atoms with Crippen LogP contribution in [0.15, 0.2) is 0 Å². The summed E-state index contributed by atoms with van der Waals surface area (Å²) < 4.78 is 0. The predicted molar refractivity (Wildman–Crippen MR) is 49.5 cm³/mol. The molecule has 2 N–H and O–H groups in total. The van der Waals surface area contributed by atoms with Crippen LogP contribution in [0.4, 0.5) is 0 Å². The van der Waals surface area contributed by atoms with E-state index in [4.69, 9.17) is 5.11 Å². The molecule has 1 saturated heterocycles. The first-order chi connectivity index (χ1) is 6.20. The number of carbonyl (C=O) groups is 1. The Hall–Kier alpha value is -0.570. The van der Waals surface area contributed by atoms with Crippen molar-refractivity contribution in [1.29, 1.82) is 0 Å². The van der Waals surface area contributed by atoms with E-state index in [1.165, 1.54) is 12.8 Å². The first-order valence-electron chi connectivity index (χ1n) is 5.13. The third-order valence-corrected chi connectivity index (χ3v) is 3.57. The van der Waals surface area contributed by atoms with Crippen molar-refractivity contribution < 1.29 is 9.90 Å². The molecular weight excluding hydrogens is 166 g/mol. The lowest BCUT2D eigenvalue weighted by Crippen LogP contribution is -2.45. The van der Waals surface area contributed by atoms with E-state index in [0.717, 1.165) is 25.9 Å². The monoisotopic (exact) mass is 183 g/mol. The van der Waals surface area contributed by atoms with Crippen LogP contribution in [0.5, 0.6) is 0 Å². The number of rotatable bonds is 2. The minimum absolute atomic E-state index is 0.384. The van der Waals surface area contributed by atoms with Gasteiger partial charge in [0.05, 0.1) is 0 Å². The predicted octanol–water partition coefficient (Wildman–Crippen LogP) is 1.24. The van der Waals surface area contributed by atoms with Crippen LogP contribution >= 0.6 is 0 Å². The molecule has 2 fully saturated rings. The van der Waals surface area contributed by atoms with Crippen LogP contribution < -0.4 is 5.32 Å². The average Bonchev–Trinajstić information content (AvgIpc) is 2.02. The zero-order valence-electron chi connectivity index (χ0n) is 7.88. The lowest BCUT2D eigenvalue weighted by Gasteiger charge is -2.50. The Labute approximate surface area is 78.5 Å². The van der Waals surface area contributed by atoms with Gasteiger partial charge in [-0.1, -0.05) is 0 Å². The van der Waals surface area contributed by atoms with Gasteiger partial charge in [-0.3, -0.25) is 4.79 Å². The summed E-state index contributed by atoms with van der Waals surface area (Å²) in [7, 11) is 0. The molecule has 74 valence electrons. The first kappa shape index (κ1) is 9.00. The summed E-state index contributed by atoms with van der Waals surface area (Å²) in [6, 6.07) is 0. The lowest BCUT2D eigenvalue weighted by molar-refractivity contribution is -0.140. The molecule has 3 nitrogen and oxygen atoms in total. The molecule has 1 saturated carbocycles. The van der Waals surface area contributed by atoms with Crippen LogP contribution in [0.25, 0.3) is 0 Å². The van der Waals surface area contributed by atoms with E-state index in [1.807, 2.05) is 0 Å². The molecule has 0 atom stereocenters. The molecular formula is C10H17NO2. The highest BCUT2D eigenvalue weighted by molar-refractivity contribution is 5.67. The quantitative estimate of drug-likeness (QED) is 0.677. The minimum atomic E-state index is -0.631. The van der Waals surface area contributed by atoms with Gasteiger partial charge in [-0.15, -0.1) is 0 Å². The molecule has 1 spiro atoms. The number of hydrogen-bond donors (Lipinski definition) is 2. The Kier molecular flexibility index (Phi) is 2.28. The van der Waals surface area contributed by atoms with E-state index < -0.39 is 5.97 Å². The van der Waals surface area contributed by atoms with Gasteiger partial charge in [0.15, 0.2) is 0 Å². The summed E-state index contributed by atoms with van der Waals surface area (Å²) in [5.74, 6) is -0.163. The average molecular weight is 183 g/mol. The van der Waals surface area contributed by atoms with Crippen LogP contribution in [0.1, 0.15) is 32.1 Å². The van der Waals surface area contributed by atoms with Crippen LogP contribution in [0.2, 0.25) is 0 Å². The van der Waals surface area contributed by atoms with Crippen molar-refractivity contribution in [2.75, 3.05) is 13.1 Å². The number of carboxylic acid groups (broad SMARTS) is 1. The van der Waals surface area contributed by atoms with Gasteiger partial charge >= 0.3 is 5.97 Å². The summed E-state index contributed by atoms with van der Waals surface area (Å²) in [5.41, 5.74) is 0.533. The van der Waals surface area contributed by atoms with E-state index in [1.54, 1.807) is 0 Å². The topological polar surface area (TPSA) is 49.3 Å². The van der Waals surface area contributed by atoms with Gasteiger partial charge in [-0.2, -0.15) is 0 Å². The SMILES string of the molecule is O=C(O)CC1CC2(CCNCC2)C1. The van der Waals surface area contributed by atoms with Gasteiger partial charge in [0.25, 0.3) is 0 Å². The summed E-state index contributed by atoms with van der Waals surface area (Å²) in [6.07, 6.45) is 5.20. The van der Waals surface area contributed by atoms with Crippen molar-refractivity contribution in [3.63, 3.8) is 0 Å². The first-order valence-corrected chi connectivity index (χ1v) is 5.13. The van der Waals surface area contributed by atoms with E-state index >= 15 is 0 Å². The smallest absolute Gasteiger partial charge is 0.303 e. The molecule has 13 heavy (non-hydrogen) atoms. The van der Waals surface area contributed by atoms with Crippen molar-refractivity contribution >= 4 is 5.97 Å². The van der Waals surface area contributed by atoms with E-state index in [2.05, 4.69) is 5.32 Å². The third kappa shape index (κ3) is 1.85. The maximum absolute atomic E-state index is 10.5. The molecule has 0 radical (unpaired) electrons. The number of hydrogen-bond acceptors (Lipinski definition) is 2. The highest BCUT2D eigenvalue weighted by Crippen LogP contribution is 2.52. The molecule has 0 aromatic carbocycles. The molecule has 3 heteroatoms. The Morgan fingerprint density at radius 1 is 1.38 bits per heavy atom. The van der Waals surface area contributed by atoms with Crippen LogP contribution in [0.3, 0.4) is 0 Å². The molecule has 0 bridgehead atoms. The number of aliphatic carboxylic acids is 1. The maximum atomic E-state index is 10.5. The highest BCUT2D eigenvalue weighted by Gasteiger charge is 2.44. The summed E-state index contributed by atoms with van der Waals surface area (Å²) in [4.78, 5) is 10.5. The Bertz CT molecular complexity index is 201.